The molecule has 0 bridgehead atoms. The van der Waals surface area contributed by atoms with Gasteiger partial charge in [-0.1, -0.05) is 0 Å². The number of hydrogen-bond donors (Lipinski definition) is 2. The van der Waals surface area contributed by atoms with E-state index in [-0.39, 0.29) is 23.7 Å². The van der Waals surface area contributed by atoms with Crippen LogP contribution in [0.1, 0.15) is 37.3 Å². The molecule has 0 fully saturated rings. The Kier molecular flexibility index (Phi) is 9.48. The molecule has 4 atom stereocenters. The normalized spacial score (nSPS) is 17.6. The zero-order chi connectivity index (χ0) is 24.7. The molecule has 5 nitrogen and oxygen atoms in total. The average Bonchev–Trinajstić information content (AvgIpc) is 2.82. The van der Waals surface area contributed by atoms with Gasteiger partial charge in [0.05, 0.1) is 0 Å². The first kappa shape index (κ1) is 26.2. The van der Waals surface area contributed by atoms with E-state index in [0.29, 0.717) is 56.7 Å². The number of aliphatic hydroxyl groups is 2. The standard InChI is InChI=1S/C26H34BF2NO4/c1-17(4-5-18-12-20(28)7-10-25(18)33-3)24(32)16-30(27-2)15-22(31)14-23-9-6-19-13-21(29)8-11-26(19)34-23/h7-8,10-13,17,22-24,31-32H,2,4-6,9,14-16H2,1,3H3. The van der Waals surface area contributed by atoms with Crippen LogP contribution in [0.4, 0.5) is 8.78 Å². The minimum absolute atomic E-state index is 0.0499. The summed E-state index contributed by atoms with van der Waals surface area (Å²) in [6.45, 7) is 6.41. The monoisotopic (exact) mass is 473 g/mol. The van der Waals surface area contributed by atoms with Crippen molar-refractivity contribution in [3.05, 3.63) is 59.2 Å². The average molecular weight is 473 g/mol. The molecule has 0 aliphatic carbocycles. The van der Waals surface area contributed by atoms with Crippen LogP contribution in [-0.4, -0.2) is 67.1 Å². The van der Waals surface area contributed by atoms with E-state index in [4.69, 9.17) is 9.47 Å². The molecule has 0 spiro atoms. The van der Waals surface area contributed by atoms with E-state index in [0.717, 1.165) is 11.1 Å². The van der Waals surface area contributed by atoms with E-state index in [1.165, 1.54) is 24.3 Å². The molecule has 184 valence electrons. The van der Waals surface area contributed by atoms with Crippen molar-refractivity contribution >= 4 is 13.5 Å². The number of rotatable bonds is 12. The number of nitrogens with zero attached hydrogens (tertiary/aromatic N) is 1. The number of aryl methyl sites for hydroxylation is 2. The number of fused-ring (bicyclic) bond motifs is 1. The first-order valence-corrected chi connectivity index (χ1v) is 11.8. The Labute approximate surface area is 201 Å². The van der Waals surface area contributed by atoms with Gasteiger partial charge in [0.15, 0.2) is 0 Å². The van der Waals surface area contributed by atoms with Gasteiger partial charge in [0.1, 0.15) is 0 Å². The summed E-state index contributed by atoms with van der Waals surface area (Å²) >= 11 is 0. The molecule has 8 heteroatoms. The van der Waals surface area contributed by atoms with E-state index in [1.807, 2.05) is 6.92 Å². The van der Waals surface area contributed by atoms with Crippen LogP contribution in [0.25, 0.3) is 0 Å². The molecule has 2 N–H and O–H groups in total. The minimum atomic E-state index is -0.663. The molecule has 1 aliphatic heterocycles. The zero-order valence-corrected chi connectivity index (χ0v) is 19.9. The van der Waals surface area contributed by atoms with Gasteiger partial charge < -0.3 is 0 Å². The number of methoxy groups -OCH3 is 1. The van der Waals surface area contributed by atoms with Gasteiger partial charge >= 0.3 is 201 Å². The van der Waals surface area contributed by atoms with Gasteiger partial charge in [0, 0.05) is 0 Å². The summed E-state index contributed by atoms with van der Waals surface area (Å²) in [5.41, 5.74) is 1.63. The molecule has 2 aromatic rings. The Morgan fingerprint density at radius 3 is 2.65 bits per heavy atom. The van der Waals surface area contributed by atoms with Crippen LogP contribution in [-0.2, 0) is 12.8 Å². The number of aliphatic hydroxyl groups excluding tert-OH is 2. The molecule has 3 rings (SSSR count). The summed E-state index contributed by atoms with van der Waals surface area (Å²) < 4.78 is 38.2. The van der Waals surface area contributed by atoms with Crippen LogP contribution in [0.5, 0.6) is 11.5 Å². The molecule has 2 aromatic carbocycles. The third kappa shape index (κ3) is 7.27. The van der Waals surface area contributed by atoms with Gasteiger partial charge in [-0.05, 0) is 0 Å². The maximum absolute atomic E-state index is 13.6. The fourth-order valence-electron chi connectivity index (χ4n) is 4.39. The van der Waals surface area contributed by atoms with Crippen molar-refractivity contribution in [2.75, 3.05) is 20.2 Å². The van der Waals surface area contributed by atoms with Gasteiger partial charge in [-0.2, -0.15) is 0 Å². The van der Waals surface area contributed by atoms with Crippen molar-refractivity contribution in [1.29, 1.82) is 0 Å². The maximum atomic E-state index is 13.6. The van der Waals surface area contributed by atoms with Gasteiger partial charge in [0.2, 0.25) is 0 Å². The molecule has 34 heavy (non-hydrogen) atoms. The summed E-state index contributed by atoms with van der Waals surface area (Å²) in [6.07, 6.45) is 1.65. The van der Waals surface area contributed by atoms with Crippen molar-refractivity contribution in [3.63, 3.8) is 0 Å². The number of hydrogen-bond acceptors (Lipinski definition) is 5. The van der Waals surface area contributed by atoms with Crippen molar-refractivity contribution in [2.24, 2.45) is 5.92 Å². The molecule has 0 saturated carbocycles. The Hall–Kier alpha value is -2.45. The Morgan fingerprint density at radius 2 is 1.91 bits per heavy atom. The fraction of sp³-hybridized carbons (Fsp3) is 0.500. The second kappa shape index (κ2) is 12.3. The molecule has 4 unspecified atom stereocenters. The van der Waals surface area contributed by atoms with Crippen LogP contribution in [0.2, 0.25) is 0 Å². The molecule has 0 amide bonds. The molecule has 0 aromatic heterocycles. The number of benzene rings is 2. The van der Waals surface area contributed by atoms with Crippen LogP contribution in [0.15, 0.2) is 36.4 Å². The summed E-state index contributed by atoms with van der Waals surface area (Å²) in [6, 6.07) is 8.95. The number of halogens is 2. The fourth-order valence-corrected chi connectivity index (χ4v) is 4.39. The Morgan fingerprint density at radius 1 is 1.18 bits per heavy atom. The second-order valence-corrected chi connectivity index (χ2v) is 9.10. The summed E-state index contributed by atoms with van der Waals surface area (Å²) in [5, 5.41) is 21.3. The van der Waals surface area contributed by atoms with E-state index in [2.05, 4.69) is 6.47 Å². The molecule has 1 heterocycles. The predicted molar refractivity (Wildman–Crippen MR) is 131 cm³/mol. The molecule has 0 radical (unpaired) electrons. The van der Waals surface area contributed by atoms with Gasteiger partial charge in [-0.15, -0.1) is 0 Å². The quantitative estimate of drug-likeness (QED) is 0.463. The molecule has 0 saturated heterocycles. The van der Waals surface area contributed by atoms with E-state index >= 15 is 0 Å². The van der Waals surface area contributed by atoms with Crippen LogP contribution < -0.4 is 9.47 Å². The van der Waals surface area contributed by atoms with Gasteiger partial charge in [-0.25, -0.2) is 0 Å². The molecular weight excluding hydrogens is 439 g/mol. The topological polar surface area (TPSA) is 62.2 Å². The number of ether oxygens (including phenoxy) is 2. The predicted octanol–water partition coefficient (Wildman–Crippen LogP) is 3.40. The Balaban J connectivity index is 1.46. The van der Waals surface area contributed by atoms with Gasteiger partial charge in [-0.3, -0.25) is 0 Å². The molecule has 1 aliphatic rings. The van der Waals surface area contributed by atoms with Crippen LogP contribution in [0, 0.1) is 17.6 Å². The van der Waals surface area contributed by atoms with E-state index in [9.17, 15) is 19.0 Å². The van der Waals surface area contributed by atoms with Crippen molar-refractivity contribution in [3.8, 4) is 11.5 Å². The first-order valence-electron chi connectivity index (χ1n) is 11.8. The summed E-state index contributed by atoms with van der Waals surface area (Å²) in [4.78, 5) is 1.81. The molecular formula is C26H34BF2NO4. The van der Waals surface area contributed by atoms with E-state index < -0.39 is 12.2 Å². The Bertz CT molecular complexity index is 960. The van der Waals surface area contributed by atoms with Crippen LogP contribution >= 0.6 is 0 Å². The van der Waals surface area contributed by atoms with Crippen molar-refractivity contribution in [1.82, 2.24) is 4.81 Å². The third-order valence-electron chi connectivity index (χ3n) is 6.48. The zero-order valence-electron chi connectivity index (χ0n) is 19.9. The summed E-state index contributed by atoms with van der Waals surface area (Å²) in [5.74, 6) is 0.672. The second-order valence-electron chi connectivity index (χ2n) is 9.10. The van der Waals surface area contributed by atoms with Crippen molar-refractivity contribution in [2.45, 2.75) is 57.3 Å². The first-order chi connectivity index (χ1) is 16.3. The van der Waals surface area contributed by atoms with Crippen LogP contribution in [0.3, 0.4) is 0 Å². The van der Waals surface area contributed by atoms with E-state index in [1.54, 1.807) is 31.1 Å². The van der Waals surface area contributed by atoms with Crippen molar-refractivity contribution < 1.29 is 28.5 Å². The SMILES string of the molecule is C=BN(CC(O)CC1CCc2cc(F)ccc2O1)CC(O)C(C)CCc1cc(F)ccc1OC. The summed E-state index contributed by atoms with van der Waals surface area (Å²) in [7, 11) is 3.17. The third-order valence-corrected chi connectivity index (χ3v) is 6.48. The van der Waals surface area contributed by atoms with Gasteiger partial charge in [0.25, 0.3) is 0 Å².